The maximum absolute atomic E-state index is 9.61. The number of aliphatic hydroxyl groups is 1. The molecular formula is C15H25N3O3. The van der Waals surface area contributed by atoms with Gasteiger partial charge in [0.25, 0.3) is 0 Å². The summed E-state index contributed by atoms with van der Waals surface area (Å²) in [5, 5.41) is 17.0. The summed E-state index contributed by atoms with van der Waals surface area (Å²) in [7, 11) is 0. The molecule has 1 saturated carbocycles. The number of ether oxygens (including phenoxy) is 1. The van der Waals surface area contributed by atoms with Crippen LogP contribution in [0.5, 0.6) is 0 Å². The molecule has 1 aromatic heterocycles. The highest BCUT2D eigenvalue weighted by Gasteiger charge is 2.39. The first-order valence-electron chi connectivity index (χ1n) is 8.13. The van der Waals surface area contributed by atoms with Crippen LogP contribution in [0, 0.1) is 0 Å². The quantitative estimate of drug-likeness (QED) is 0.828. The summed E-state index contributed by atoms with van der Waals surface area (Å²) in [6, 6.07) is -0.0364. The number of nitrogens with zero attached hydrogens (tertiary/aromatic N) is 2. The second-order valence-electron chi connectivity index (χ2n) is 6.15. The molecule has 2 aliphatic rings. The van der Waals surface area contributed by atoms with Crippen molar-refractivity contribution >= 4 is 0 Å². The lowest BCUT2D eigenvalue weighted by Crippen LogP contribution is -2.31. The monoisotopic (exact) mass is 295 g/mol. The van der Waals surface area contributed by atoms with Crippen LogP contribution < -0.4 is 5.32 Å². The Hall–Kier alpha value is -0.980. The van der Waals surface area contributed by atoms with Gasteiger partial charge in [0.15, 0.2) is 0 Å². The minimum atomic E-state index is -0.385. The van der Waals surface area contributed by atoms with E-state index in [0.29, 0.717) is 31.3 Å². The minimum Gasteiger partial charge on any atom is -0.392 e. The molecule has 0 spiro atoms. The lowest BCUT2D eigenvalue weighted by molar-refractivity contribution is -0.0636. The average molecular weight is 295 g/mol. The minimum absolute atomic E-state index is 0.0364. The predicted octanol–water partition coefficient (Wildman–Crippen LogP) is 2.05. The van der Waals surface area contributed by atoms with Crippen LogP contribution in [0.4, 0.5) is 0 Å². The van der Waals surface area contributed by atoms with Gasteiger partial charge < -0.3 is 19.7 Å². The van der Waals surface area contributed by atoms with Gasteiger partial charge in [0, 0.05) is 13.2 Å². The standard InChI is InChI=1S/C15H25N3O3/c1-2-20-15(7-5-3-4-6-8-15)14-17-13(21-18-14)12-9-11(19)10-16-12/h11-12,16,19H,2-10H2,1H3/t11-,12+/m1/s1. The molecule has 2 heterocycles. The van der Waals surface area contributed by atoms with Gasteiger partial charge in [0.1, 0.15) is 5.60 Å². The molecule has 1 saturated heterocycles. The van der Waals surface area contributed by atoms with Crippen molar-refractivity contribution in [3.8, 4) is 0 Å². The average Bonchev–Trinajstić information content (AvgIpc) is 3.06. The van der Waals surface area contributed by atoms with E-state index in [4.69, 9.17) is 9.26 Å². The van der Waals surface area contributed by atoms with Gasteiger partial charge in [0.05, 0.1) is 12.1 Å². The van der Waals surface area contributed by atoms with E-state index in [9.17, 15) is 5.11 Å². The van der Waals surface area contributed by atoms with Crippen molar-refractivity contribution in [2.24, 2.45) is 0 Å². The number of β-amino-alcohol motifs (C(OH)–C–C–N with tert-alkyl or cyclic N) is 1. The third-order valence-electron chi connectivity index (χ3n) is 4.59. The van der Waals surface area contributed by atoms with Crippen molar-refractivity contribution in [3.63, 3.8) is 0 Å². The van der Waals surface area contributed by atoms with Crippen LogP contribution in [-0.4, -0.2) is 34.5 Å². The number of rotatable bonds is 4. The summed E-state index contributed by atoms with van der Waals surface area (Å²) in [6.45, 7) is 3.26. The molecule has 6 heteroatoms. The molecule has 3 rings (SSSR count). The highest BCUT2D eigenvalue weighted by Crippen LogP contribution is 2.38. The largest absolute Gasteiger partial charge is 0.392 e. The van der Waals surface area contributed by atoms with E-state index in [1.165, 1.54) is 12.8 Å². The van der Waals surface area contributed by atoms with Crippen LogP contribution in [0.2, 0.25) is 0 Å². The highest BCUT2D eigenvalue weighted by atomic mass is 16.5. The molecule has 2 N–H and O–H groups in total. The first-order chi connectivity index (χ1) is 10.2. The van der Waals surface area contributed by atoms with Crippen LogP contribution >= 0.6 is 0 Å². The Kier molecular flexibility index (Phi) is 4.57. The van der Waals surface area contributed by atoms with E-state index in [-0.39, 0.29) is 17.7 Å². The Balaban J connectivity index is 1.81. The summed E-state index contributed by atoms with van der Waals surface area (Å²) < 4.78 is 11.5. The summed E-state index contributed by atoms with van der Waals surface area (Å²) >= 11 is 0. The molecular weight excluding hydrogens is 270 g/mol. The van der Waals surface area contributed by atoms with Crippen LogP contribution in [0.3, 0.4) is 0 Å². The molecule has 1 aromatic rings. The third kappa shape index (κ3) is 3.12. The van der Waals surface area contributed by atoms with Crippen LogP contribution in [0.1, 0.15) is 69.6 Å². The lowest BCUT2D eigenvalue weighted by atomic mass is 9.93. The van der Waals surface area contributed by atoms with Crippen molar-refractivity contribution in [3.05, 3.63) is 11.7 Å². The van der Waals surface area contributed by atoms with Gasteiger partial charge in [-0.05, 0) is 26.2 Å². The third-order valence-corrected chi connectivity index (χ3v) is 4.59. The van der Waals surface area contributed by atoms with E-state index in [1.54, 1.807) is 0 Å². The molecule has 118 valence electrons. The molecule has 0 aromatic carbocycles. The molecule has 0 amide bonds. The maximum atomic E-state index is 9.61. The molecule has 21 heavy (non-hydrogen) atoms. The Bertz CT molecular complexity index is 455. The number of aliphatic hydroxyl groups excluding tert-OH is 1. The summed E-state index contributed by atoms with van der Waals surface area (Å²) in [4.78, 5) is 4.61. The van der Waals surface area contributed by atoms with Crippen molar-refractivity contribution in [2.45, 2.75) is 69.6 Å². The van der Waals surface area contributed by atoms with Gasteiger partial charge in [-0.1, -0.05) is 30.8 Å². The highest BCUT2D eigenvalue weighted by molar-refractivity contribution is 5.06. The predicted molar refractivity (Wildman–Crippen MR) is 76.7 cm³/mol. The van der Waals surface area contributed by atoms with Crippen LogP contribution in [0.15, 0.2) is 4.52 Å². The number of hydrogen-bond donors (Lipinski definition) is 2. The van der Waals surface area contributed by atoms with Crippen LogP contribution in [0.25, 0.3) is 0 Å². The Morgan fingerprint density at radius 1 is 1.33 bits per heavy atom. The van der Waals surface area contributed by atoms with Gasteiger partial charge in [-0.3, -0.25) is 0 Å². The van der Waals surface area contributed by atoms with E-state index in [1.807, 2.05) is 6.92 Å². The fraction of sp³-hybridized carbons (Fsp3) is 0.867. The van der Waals surface area contributed by atoms with Crippen molar-refractivity contribution in [2.75, 3.05) is 13.2 Å². The van der Waals surface area contributed by atoms with Crippen molar-refractivity contribution < 1.29 is 14.4 Å². The lowest BCUT2D eigenvalue weighted by Gasteiger charge is -2.29. The second-order valence-corrected chi connectivity index (χ2v) is 6.15. The first-order valence-corrected chi connectivity index (χ1v) is 8.13. The number of hydrogen-bond acceptors (Lipinski definition) is 6. The summed E-state index contributed by atoms with van der Waals surface area (Å²) in [5.41, 5.74) is -0.385. The van der Waals surface area contributed by atoms with Gasteiger partial charge in [0.2, 0.25) is 11.7 Å². The zero-order valence-electron chi connectivity index (χ0n) is 12.7. The Morgan fingerprint density at radius 3 is 2.71 bits per heavy atom. The molecule has 6 nitrogen and oxygen atoms in total. The Labute approximate surface area is 125 Å². The zero-order chi connectivity index (χ0) is 14.7. The molecule has 0 bridgehead atoms. The van der Waals surface area contributed by atoms with Gasteiger partial charge in [-0.15, -0.1) is 0 Å². The normalized spacial score (nSPS) is 29.4. The van der Waals surface area contributed by atoms with Gasteiger partial charge in [-0.25, -0.2) is 0 Å². The fourth-order valence-corrected chi connectivity index (χ4v) is 3.48. The van der Waals surface area contributed by atoms with Gasteiger partial charge in [-0.2, -0.15) is 4.98 Å². The SMILES string of the molecule is CCOC1(c2noc([C@@H]3C[C@@H](O)CN3)n2)CCCCCC1. The molecule has 2 atom stereocenters. The fourth-order valence-electron chi connectivity index (χ4n) is 3.48. The molecule has 0 radical (unpaired) electrons. The molecule has 1 aliphatic heterocycles. The number of nitrogens with one attached hydrogen (secondary N) is 1. The van der Waals surface area contributed by atoms with Gasteiger partial charge >= 0.3 is 0 Å². The second kappa shape index (κ2) is 6.42. The van der Waals surface area contributed by atoms with E-state index >= 15 is 0 Å². The molecule has 2 fully saturated rings. The topological polar surface area (TPSA) is 80.4 Å². The Morgan fingerprint density at radius 2 is 2.10 bits per heavy atom. The van der Waals surface area contributed by atoms with E-state index in [2.05, 4.69) is 15.5 Å². The smallest absolute Gasteiger partial charge is 0.243 e. The van der Waals surface area contributed by atoms with E-state index < -0.39 is 0 Å². The van der Waals surface area contributed by atoms with E-state index in [0.717, 1.165) is 25.7 Å². The first kappa shape index (κ1) is 14.9. The summed E-state index contributed by atoms with van der Waals surface area (Å²) in [6.07, 6.45) is 6.99. The zero-order valence-corrected chi connectivity index (χ0v) is 12.7. The molecule has 0 unspecified atom stereocenters. The van der Waals surface area contributed by atoms with Crippen LogP contribution in [-0.2, 0) is 10.3 Å². The molecule has 1 aliphatic carbocycles. The van der Waals surface area contributed by atoms with Crippen molar-refractivity contribution in [1.82, 2.24) is 15.5 Å². The number of aromatic nitrogens is 2. The summed E-state index contributed by atoms with van der Waals surface area (Å²) in [5.74, 6) is 1.26. The van der Waals surface area contributed by atoms with Crippen molar-refractivity contribution in [1.29, 1.82) is 0 Å². The maximum Gasteiger partial charge on any atom is 0.243 e.